The number of nitrogens with zero attached hydrogens (tertiary/aromatic N) is 1. The molecule has 2 bridgehead atoms. The standard InChI is InChI=1S/C28H23NO4/c1-15(2)33-28(32)16-11-13-17(14-12-16)29-26(30)24-22-18-7-3-4-8-19(18)23(25(24)27(29)31)21-10-6-5-9-20(21)22/h3-15,22-25H,1-2H3/t22?,23?,24-,25-/m1/s1. The number of amides is 2. The van der Waals surface area contributed by atoms with E-state index in [4.69, 9.17) is 4.74 Å². The molecule has 3 aromatic carbocycles. The van der Waals surface area contributed by atoms with Gasteiger partial charge in [0.15, 0.2) is 0 Å². The molecule has 1 aliphatic heterocycles. The van der Waals surface area contributed by atoms with E-state index in [-0.39, 0.29) is 29.8 Å². The summed E-state index contributed by atoms with van der Waals surface area (Å²) in [5.41, 5.74) is 5.49. The molecule has 1 heterocycles. The van der Waals surface area contributed by atoms with Gasteiger partial charge in [-0.15, -0.1) is 0 Å². The van der Waals surface area contributed by atoms with Crippen molar-refractivity contribution in [1.82, 2.24) is 0 Å². The molecule has 0 N–H and O–H groups in total. The van der Waals surface area contributed by atoms with Gasteiger partial charge in [0.05, 0.1) is 29.2 Å². The second kappa shape index (κ2) is 7.14. The molecule has 5 heteroatoms. The lowest BCUT2D eigenvalue weighted by Crippen LogP contribution is -2.41. The van der Waals surface area contributed by atoms with Crippen molar-refractivity contribution < 1.29 is 19.1 Å². The molecule has 5 nitrogen and oxygen atoms in total. The molecule has 7 rings (SSSR count). The van der Waals surface area contributed by atoms with E-state index >= 15 is 0 Å². The van der Waals surface area contributed by atoms with Crippen LogP contribution >= 0.6 is 0 Å². The Morgan fingerprint density at radius 2 is 1.15 bits per heavy atom. The third kappa shape index (κ3) is 2.75. The molecule has 2 atom stereocenters. The van der Waals surface area contributed by atoms with Gasteiger partial charge in [0.1, 0.15) is 0 Å². The van der Waals surface area contributed by atoms with Crippen LogP contribution in [0.4, 0.5) is 5.69 Å². The molecule has 2 amide bonds. The highest BCUT2D eigenvalue weighted by Gasteiger charge is 2.61. The van der Waals surface area contributed by atoms with Gasteiger partial charge < -0.3 is 4.74 Å². The smallest absolute Gasteiger partial charge is 0.338 e. The summed E-state index contributed by atoms with van der Waals surface area (Å²) in [6, 6.07) is 22.9. The summed E-state index contributed by atoms with van der Waals surface area (Å²) in [5.74, 6) is -1.85. The molecular formula is C28H23NO4. The number of imide groups is 1. The zero-order chi connectivity index (χ0) is 22.9. The predicted octanol–water partition coefficient (Wildman–Crippen LogP) is 4.65. The number of benzene rings is 3. The van der Waals surface area contributed by atoms with Crippen LogP contribution in [0.2, 0.25) is 0 Å². The van der Waals surface area contributed by atoms with Gasteiger partial charge in [0, 0.05) is 11.8 Å². The molecule has 4 aliphatic rings. The summed E-state index contributed by atoms with van der Waals surface area (Å²) in [5, 5.41) is 0. The van der Waals surface area contributed by atoms with Gasteiger partial charge in [0.2, 0.25) is 11.8 Å². The SMILES string of the molecule is CC(C)OC(=O)c1ccc(N2C(=O)[C@@H]3C4c5ccccc5C(c5ccccc54)[C@H]3C2=O)cc1. The van der Waals surface area contributed by atoms with Gasteiger partial charge in [-0.05, 0) is 60.4 Å². The van der Waals surface area contributed by atoms with Crippen molar-refractivity contribution in [2.24, 2.45) is 11.8 Å². The molecule has 164 valence electrons. The van der Waals surface area contributed by atoms with Crippen molar-refractivity contribution in [2.45, 2.75) is 31.8 Å². The molecule has 33 heavy (non-hydrogen) atoms. The summed E-state index contributed by atoms with van der Waals surface area (Å²) >= 11 is 0. The van der Waals surface area contributed by atoms with Crippen LogP contribution in [0.1, 0.15) is 58.3 Å². The van der Waals surface area contributed by atoms with Crippen molar-refractivity contribution in [3.05, 3.63) is 101 Å². The van der Waals surface area contributed by atoms with Crippen LogP contribution in [-0.4, -0.2) is 23.9 Å². The van der Waals surface area contributed by atoms with Crippen LogP contribution in [0, 0.1) is 11.8 Å². The number of anilines is 1. The molecule has 0 saturated carbocycles. The average Bonchev–Trinajstić information content (AvgIpc) is 3.09. The Kier molecular flexibility index (Phi) is 4.31. The zero-order valence-corrected chi connectivity index (χ0v) is 18.4. The normalized spacial score (nSPS) is 24.5. The van der Waals surface area contributed by atoms with Crippen molar-refractivity contribution in [2.75, 3.05) is 4.90 Å². The lowest BCUT2D eigenvalue weighted by Gasteiger charge is -2.45. The third-order valence-electron chi connectivity index (χ3n) is 7.15. The number of carbonyl (C=O) groups excluding carboxylic acids is 3. The monoisotopic (exact) mass is 437 g/mol. The fourth-order valence-electron chi connectivity index (χ4n) is 5.96. The van der Waals surface area contributed by atoms with E-state index in [2.05, 4.69) is 24.3 Å². The van der Waals surface area contributed by atoms with E-state index in [0.29, 0.717) is 11.3 Å². The molecule has 3 aliphatic carbocycles. The summed E-state index contributed by atoms with van der Waals surface area (Å²) < 4.78 is 5.24. The fraction of sp³-hybridized carbons (Fsp3) is 0.250. The van der Waals surface area contributed by atoms with Crippen LogP contribution in [0.15, 0.2) is 72.8 Å². The molecular weight excluding hydrogens is 414 g/mol. The molecule has 0 spiro atoms. The zero-order valence-electron chi connectivity index (χ0n) is 18.4. The molecule has 0 aromatic heterocycles. The molecule has 1 saturated heterocycles. The minimum Gasteiger partial charge on any atom is -0.459 e. The Hall–Kier alpha value is -3.73. The highest BCUT2D eigenvalue weighted by Crippen LogP contribution is 2.61. The topological polar surface area (TPSA) is 63.7 Å². The van der Waals surface area contributed by atoms with Gasteiger partial charge in [-0.3, -0.25) is 9.59 Å². The van der Waals surface area contributed by atoms with Gasteiger partial charge in [-0.1, -0.05) is 48.5 Å². The van der Waals surface area contributed by atoms with E-state index in [1.165, 1.54) is 4.90 Å². The molecule has 0 unspecified atom stereocenters. The van der Waals surface area contributed by atoms with Crippen molar-refractivity contribution >= 4 is 23.5 Å². The van der Waals surface area contributed by atoms with Gasteiger partial charge in [-0.25, -0.2) is 9.69 Å². The number of carbonyl (C=O) groups is 3. The summed E-state index contributed by atoms with van der Waals surface area (Å²) in [4.78, 5) is 41.0. The Morgan fingerprint density at radius 3 is 1.55 bits per heavy atom. The van der Waals surface area contributed by atoms with Gasteiger partial charge in [0.25, 0.3) is 0 Å². The Morgan fingerprint density at radius 1 is 0.727 bits per heavy atom. The number of hydrogen-bond donors (Lipinski definition) is 0. The maximum Gasteiger partial charge on any atom is 0.338 e. The first-order valence-electron chi connectivity index (χ1n) is 11.3. The Balaban J connectivity index is 1.41. The first-order chi connectivity index (χ1) is 16.0. The van der Waals surface area contributed by atoms with E-state index in [9.17, 15) is 14.4 Å². The van der Waals surface area contributed by atoms with Crippen LogP contribution in [-0.2, 0) is 14.3 Å². The van der Waals surface area contributed by atoms with Gasteiger partial charge in [-0.2, -0.15) is 0 Å². The quantitative estimate of drug-likeness (QED) is 0.442. The van der Waals surface area contributed by atoms with Crippen LogP contribution in [0.5, 0.6) is 0 Å². The number of rotatable bonds is 3. The van der Waals surface area contributed by atoms with E-state index < -0.39 is 17.8 Å². The molecule has 3 aromatic rings. The number of ether oxygens (including phenoxy) is 1. The van der Waals surface area contributed by atoms with Crippen LogP contribution in [0.25, 0.3) is 0 Å². The van der Waals surface area contributed by atoms with Crippen molar-refractivity contribution in [3.8, 4) is 0 Å². The first-order valence-corrected chi connectivity index (χ1v) is 11.3. The predicted molar refractivity (Wildman–Crippen MR) is 123 cm³/mol. The lowest BCUT2D eigenvalue weighted by molar-refractivity contribution is -0.122. The molecule has 1 fully saturated rings. The summed E-state index contributed by atoms with van der Waals surface area (Å²) in [6.45, 7) is 3.58. The number of esters is 1. The van der Waals surface area contributed by atoms with Crippen molar-refractivity contribution in [1.29, 1.82) is 0 Å². The highest BCUT2D eigenvalue weighted by atomic mass is 16.5. The fourth-order valence-corrected chi connectivity index (χ4v) is 5.96. The minimum atomic E-state index is -0.423. The minimum absolute atomic E-state index is 0.130. The number of hydrogen-bond acceptors (Lipinski definition) is 4. The lowest BCUT2D eigenvalue weighted by atomic mass is 9.55. The summed E-state index contributed by atoms with van der Waals surface area (Å²) in [6.07, 6.45) is -0.222. The Bertz CT molecular complexity index is 1190. The molecule has 0 radical (unpaired) electrons. The maximum absolute atomic E-state index is 13.7. The highest BCUT2D eigenvalue weighted by molar-refractivity contribution is 6.23. The maximum atomic E-state index is 13.7. The second-order valence-corrected chi connectivity index (χ2v) is 9.28. The van der Waals surface area contributed by atoms with Crippen LogP contribution in [0.3, 0.4) is 0 Å². The average molecular weight is 437 g/mol. The first kappa shape index (κ1) is 19.9. The summed E-state index contributed by atoms with van der Waals surface area (Å²) in [7, 11) is 0. The second-order valence-electron chi connectivity index (χ2n) is 9.28. The van der Waals surface area contributed by atoms with E-state index in [1.807, 2.05) is 24.3 Å². The van der Waals surface area contributed by atoms with Crippen molar-refractivity contribution in [3.63, 3.8) is 0 Å². The van der Waals surface area contributed by atoms with Crippen LogP contribution < -0.4 is 4.90 Å². The van der Waals surface area contributed by atoms with E-state index in [1.54, 1.807) is 38.1 Å². The Labute approximate surface area is 192 Å². The van der Waals surface area contributed by atoms with Gasteiger partial charge >= 0.3 is 5.97 Å². The third-order valence-corrected chi connectivity index (χ3v) is 7.15. The largest absolute Gasteiger partial charge is 0.459 e. The van der Waals surface area contributed by atoms with E-state index in [0.717, 1.165) is 22.3 Å².